The smallest absolute Gasteiger partial charge is 0.223 e. The normalized spacial score (nSPS) is 14.4. The van der Waals surface area contributed by atoms with Crippen LogP contribution in [0.1, 0.15) is 12.5 Å². The summed E-state index contributed by atoms with van der Waals surface area (Å²) in [7, 11) is 0. The van der Waals surface area contributed by atoms with Crippen LogP contribution in [0, 0.1) is 0 Å². The molecule has 1 aliphatic rings. The van der Waals surface area contributed by atoms with Crippen LogP contribution in [-0.2, 0) is 11.2 Å². The lowest BCUT2D eigenvalue weighted by atomic mass is 10.1. The molecule has 1 amide bonds. The van der Waals surface area contributed by atoms with E-state index < -0.39 is 0 Å². The van der Waals surface area contributed by atoms with Gasteiger partial charge < -0.3 is 10.6 Å². The van der Waals surface area contributed by atoms with Crippen LogP contribution < -0.4 is 10.6 Å². The lowest BCUT2D eigenvalue weighted by Crippen LogP contribution is -2.25. The number of carbonyl (C=O) groups excluding carboxylic acids is 1. The lowest BCUT2D eigenvalue weighted by molar-refractivity contribution is -0.116. The minimum absolute atomic E-state index is 0.0874. The van der Waals surface area contributed by atoms with Gasteiger partial charge in [0.05, 0.1) is 0 Å². The van der Waals surface area contributed by atoms with E-state index in [2.05, 4.69) is 0 Å². The van der Waals surface area contributed by atoms with E-state index in [-0.39, 0.29) is 5.91 Å². The summed E-state index contributed by atoms with van der Waals surface area (Å²) in [6.07, 6.45) is 0.877. The second-order valence-corrected chi connectivity index (χ2v) is 3.27. The molecule has 0 spiro atoms. The predicted octanol–water partition coefficient (Wildman–Crippen LogP) is 1.18. The maximum Gasteiger partial charge on any atom is 0.223 e. The molecule has 0 atom stereocenters. The van der Waals surface area contributed by atoms with Gasteiger partial charge in [0.1, 0.15) is 0 Å². The largest absolute Gasteiger partial charge is 0.398 e. The molecule has 3 heteroatoms. The number of rotatable bonds is 0. The number of nitrogen functional groups attached to an aromatic ring is 1. The summed E-state index contributed by atoms with van der Waals surface area (Å²) in [6, 6.07) is 5.71. The van der Waals surface area contributed by atoms with Crippen LogP contribution in [0.3, 0.4) is 0 Å². The molecule has 0 unspecified atom stereocenters. The second-order valence-electron chi connectivity index (χ2n) is 3.27. The molecule has 0 aliphatic carbocycles. The van der Waals surface area contributed by atoms with Gasteiger partial charge >= 0.3 is 0 Å². The molecule has 0 radical (unpaired) electrons. The second kappa shape index (κ2) is 2.76. The Balaban J connectivity index is 2.49. The Morgan fingerprint density at radius 2 is 2.31 bits per heavy atom. The van der Waals surface area contributed by atoms with Crippen molar-refractivity contribution in [2.24, 2.45) is 0 Å². The van der Waals surface area contributed by atoms with Gasteiger partial charge in [0.15, 0.2) is 0 Å². The maximum atomic E-state index is 11.2. The molecule has 1 aliphatic heterocycles. The molecule has 2 N–H and O–H groups in total. The van der Waals surface area contributed by atoms with Crippen molar-refractivity contribution in [3.8, 4) is 0 Å². The van der Waals surface area contributed by atoms with Gasteiger partial charge in [-0.15, -0.1) is 0 Å². The van der Waals surface area contributed by atoms with E-state index in [0.717, 1.165) is 29.9 Å². The average molecular weight is 176 g/mol. The van der Waals surface area contributed by atoms with E-state index in [1.807, 2.05) is 18.2 Å². The first-order valence-corrected chi connectivity index (χ1v) is 4.35. The van der Waals surface area contributed by atoms with Crippen molar-refractivity contribution in [3.63, 3.8) is 0 Å². The van der Waals surface area contributed by atoms with Crippen molar-refractivity contribution in [2.75, 3.05) is 17.2 Å². The summed E-state index contributed by atoms with van der Waals surface area (Å²) in [6.45, 7) is 2.34. The van der Waals surface area contributed by atoms with Crippen molar-refractivity contribution < 1.29 is 4.79 Å². The third-order valence-electron chi connectivity index (χ3n) is 2.44. The molecule has 0 aromatic heterocycles. The minimum Gasteiger partial charge on any atom is -0.398 e. The topological polar surface area (TPSA) is 46.3 Å². The van der Waals surface area contributed by atoms with Gasteiger partial charge in [-0.2, -0.15) is 0 Å². The van der Waals surface area contributed by atoms with Gasteiger partial charge in [0, 0.05) is 30.4 Å². The number of anilines is 2. The zero-order chi connectivity index (χ0) is 9.42. The molecule has 68 valence electrons. The fourth-order valence-electron chi connectivity index (χ4n) is 1.79. The molecule has 13 heavy (non-hydrogen) atoms. The summed E-state index contributed by atoms with van der Waals surface area (Å²) in [5, 5.41) is 0. The SMILES string of the molecule is CC(=O)N1CCc2c(N)cccc21. The van der Waals surface area contributed by atoms with Crippen LogP contribution in [0.25, 0.3) is 0 Å². The Bertz CT molecular complexity index is 360. The van der Waals surface area contributed by atoms with Crippen molar-refractivity contribution in [1.29, 1.82) is 0 Å². The number of nitrogens with zero attached hydrogens (tertiary/aromatic N) is 1. The van der Waals surface area contributed by atoms with Crippen LogP contribution in [0.15, 0.2) is 18.2 Å². The molecular weight excluding hydrogens is 164 g/mol. The molecule has 1 aromatic rings. The molecule has 1 heterocycles. The zero-order valence-corrected chi connectivity index (χ0v) is 7.58. The van der Waals surface area contributed by atoms with E-state index in [1.54, 1.807) is 11.8 Å². The van der Waals surface area contributed by atoms with Crippen molar-refractivity contribution in [3.05, 3.63) is 23.8 Å². The number of fused-ring (bicyclic) bond motifs is 1. The first-order valence-electron chi connectivity index (χ1n) is 4.35. The highest BCUT2D eigenvalue weighted by Crippen LogP contribution is 2.31. The quantitative estimate of drug-likeness (QED) is 0.603. The third kappa shape index (κ3) is 1.16. The number of benzene rings is 1. The molecule has 0 bridgehead atoms. The van der Waals surface area contributed by atoms with E-state index in [1.165, 1.54) is 0 Å². The summed E-state index contributed by atoms with van der Waals surface area (Å²) in [5.41, 5.74) is 8.68. The van der Waals surface area contributed by atoms with Crippen LogP contribution in [0.2, 0.25) is 0 Å². The van der Waals surface area contributed by atoms with E-state index >= 15 is 0 Å². The van der Waals surface area contributed by atoms with E-state index in [4.69, 9.17) is 5.73 Å². The minimum atomic E-state index is 0.0874. The Morgan fingerprint density at radius 1 is 1.54 bits per heavy atom. The molecule has 0 fully saturated rings. The van der Waals surface area contributed by atoms with Gasteiger partial charge in [-0.05, 0) is 18.6 Å². The van der Waals surface area contributed by atoms with E-state index in [0.29, 0.717) is 0 Å². The first kappa shape index (κ1) is 8.10. The molecule has 0 saturated carbocycles. The van der Waals surface area contributed by atoms with Gasteiger partial charge in [-0.3, -0.25) is 4.79 Å². The Hall–Kier alpha value is -1.51. The first-order chi connectivity index (χ1) is 6.20. The van der Waals surface area contributed by atoms with Gasteiger partial charge in [-0.25, -0.2) is 0 Å². The van der Waals surface area contributed by atoms with Crippen LogP contribution in [-0.4, -0.2) is 12.5 Å². The maximum absolute atomic E-state index is 11.2. The fraction of sp³-hybridized carbons (Fsp3) is 0.300. The summed E-state index contributed by atoms with van der Waals surface area (Å²) in [4.78, 5) is 13.0. The van der Waals surface area contributed by atoms with Crippen molar-refractivity contribution in [1.82, 2.24) is 0 Å². The average Bonchev–Trinajstić information content (AvgIpc) is 2.48. The third-order valence-corrected chi connectivity index (χ3v) is 2.44. The highest BCUT2D eigenvalue weighted by molar-refractivity contribution is 5.94. The van der Waals surface area contributed by atoms with Crippen molar-refractivity contribution >= 4 is 17.3 Å². The Morgan fingerprint density at radius 3 is 3.00 bits per heavy atom. The molecule has 1 aromatic carbocycles. The summed E-state index contributed by atoms with van der Waals surface area (Å²) in [5.74, 6) is 0.0874. The Labute approximate surface area is 77.1 Å². The van der Waals surface area contributed by atoms with Crippen LogP contribution >= 0.6 is 0 Å². The monoisotopic (exact) mass is 176 g/mol. The molecule has 3 nitrogen and oxygen atoms in total. The highest BCUT2D eigenvalue weighted by atomic mass is 16.2. The summed E-state index contributed by atoms with van der Waals surface area (Å²) >= 11 is 0. The van der Waals surface area contributed by atoms with Gasteiger partial charge in [0.25, 0.3) is 0 Å². The summed E-state index contributed by atoms with van der Waals surface area (Å²) < 4.78 is 0. The van der Waals surface area contributed by atoms with Gasteiger partial charge in [0.2, 0.25) is 5.91 Å². The van der Waals surface area contributed by atoms with Gasteiger partial charge in [-0.1, -0.05) is 6.07 Å². The number of nitrogens with two attached hydrogens (primary N) is 1. The molecule has 2 rings (SSSR count). The van der Waals surface area contributed by atoms with Crippen LogP contribution in [0.5, 0.6) is 0 Å². The number of hydrogen-bond donors (Lipinski definition) is 1. The predicted molar refractivity (Wildman–Crippen MR) is 52.6 cm³/mol. The Kier molecular flexibility index (Phi) is 1.72. The highest BCUT2D eigenvalue weighted by Gasteiger charge is 2.22. The molecular formula is C10H12N2O. The molecule has 0 saturated heterocycles. The van der Waals surface area contributed by atoms with E-state index in [9.17, 15) is 4.79 Å². The van der Waals surface area contributed by atoms with Crippen LogP contribution in [0.4, 0.5) is 11.4 Å². The number of carbonyl (C=O) groups is 1. The number of hydrogen-bond acceptors (Lipinski definition) is 2. The zero-order valence-electron chi connectivity index (χ0n) is 7.58. The fourth-order valence-corrected chi connectivity index (χ4v) is 1.79. The van der Waals surface area contributed by atoms with Crippen molar-refractivity contribution in [2.45, 2.75) is 13.3 Å². The lowest BCUT2D eigenvalue weighted by Gasteiger charge is -2.14. The standard InChI is InChI=1S/C10H12N2O/c1-7(13)12-6-5-8-9(11)3-2-4-10(8)12/h2-4H,5-6,11H2,1H3. The number of amides is 1.